The molecule has 5 rings (SSSR count). The minimum absolute atomic E-state index is 0.215. The third kappa shape index (κ3) is 8.87. The highest BCUT2D eigenvalue weighted by Crippen LogP contribution is 2.31. The molecule has 0 bridgehead atoms. The van der Waals surface area contributed by atoms with Gasteiger partial charge in [0.05, 0.1) is 57.8 Å². The van der Waals surface area contributed by atoms with Crippen molar-refractivity contribution < 1.29 is 27.4 Å². The van der Waals surface area contributed by atoms with Crippen LogP contribution in [0.1, 0.15) is 12.8 Å². The molecule has 2 aliphatic rings. The summed E-state index contributed by atoms with van der Waals surface area (Å²) >= 11 is 0. The van der Waals surface area contributed by atoms with Crippen LogP contribution in [0.3, 0.4) is 0 Å². The fourth-order valence-corrected chi connectivity index (χ4v) is 7.54. The molecule has 0 amide bonds. The minimum Gasteiger partial charge on any atom is -0.378 e. The quantitative estimate of drug-likeness (QED) is 0.410. The molecule has 3 aromatic rings. The average Bonchev–Trinajstić information content (AvgIpc) is 3.59. The Morgan fingerprint density at radius 3 is 1.64 bits per heavy atom. The maximum atomic E-state index is 14.0. The van der Waals surface area contributed by atoms with E-state index in [1.54, 1.807) is 12.1 Å². The van der Waals surface area contributed by atoms with Crippen LogP contribution in [0.4, 0.5) is 17.1 Å². The summed E-state index contributed by atoms with van der Waals surface area (Å²) in [6.45, 7) is 7.38. The molecule has 0 unspecified atom stereocenters. The van der Waals surface area contributed by atoms with E-state index in [1.165, 1.54) is 28.5 Å². The van der Waals surface area contributed by atoms with E-state index < -0.39 is 10.0 Å². The van der Waals surface area contributed by atoms with E-state index in [4.69, 9.17) is 18.9 Å². The van der Waals surface area contributed by atoms with Crippen molar-refractivity contribution in [2.24, 2.45) is 0 Å². The Kier molecular flexibility index (Phi) is 12.3. The first-order valence-electron chi connectivity index (χ1n) is 16.1. The summed E-state index contributed by atoms with van der Waals surface area (Å²) in [5.74, 6) is 0. The van der Waals surface area contributed by atoms with Crippen LogP contribution in [0, 0.1) is 0 Å². The molecular weight excluding hydrogens is 592 g/mol. The molecule has 0 spiro atoms. The molecule has 2 heterocycles. The highest BCUT2D eigenvalue weighted by atomic mass is 32.2. The van der Waals surface area contributed by atoms with Crippen molar-refractivity contribution in [2.75, 3.05) is 121 Å². The summed E-state index contributed by atoms with van der Waals surface area (Å²) in [7, 11) is 0.0940. The van der Waals surface area contributed by atoms with Gasteiger partial charge >= 0.3 is 0 Å². The third-order valence-electron chi connectivity index (χ3n) is 8.35. The van der Waals surface area contributed by atoms with Crippen LogP contribution in [0.15, 0.2) is 65.6 Å². The van der Waals surface area contributed by atoms with Crippen molar-refractivity contribution in [3.05, 3.63) is 60.7 Å². The van der Waals surface area contributed by atoms with E-state index in [-0.39, 0.29) is 31.2 Å². The molecule has 3 aromatic carbocycles. The van der Waals surface area contributed by atoms with Crippen molar-refractivity contribution in [1.82, 2.24) is 4.31 Å². The molecule has 2 fully saturated rings. The van der Waals surface area contributed by atoms with Gasteiger partial charge in [0.15, 0.2) is 0 Å². The highest BCUT2D eigenvalue weighted by molar-refractivity contribution is 7.89. The van der Waals surface area contributed by atoms with E-state index in [2.05, 4.69) is 34.1 Å². The highest BCUT2D eigenvalue weighted by Gasteiger charge is 2.26. The van der Waals surface area contributed by atoms with Gasteiger partial charge in [-0.3, -0.25) is 0 Å². The lowest BCUT2D eigenvalue weighted by Crippen LogP contribution is -2.37. The van der Waals surface area contributed by atoms with Crippen molar-refractivity contribution in [3.63, 3.8) is 0 Å². The second-order valence-electron chi connectivity index (χ2n) is 11.6. The van der Waals surface area contributed by atoms with Gasteiger partial charge in [-0.25, -0.2) is 8.42 Å². The zero-order valence-electron chi connectivity index (χ0n) is 26.7. The maximum Gasteiger partial charge on any atom is 0.243 e. The van der Waals surface area contributed by atoms with E-state index in [9.17, 15) is 8.42 Å². The lowest BCUT2D eigenvalue weighted by molar-refractivity contribution is 0.0328. The van der Waals surface area contributed by atoms with Gasteiger partial charge in [-0.15, -0.1) is 0 Å². The molecule has 0 aromatic heterocycles. The number of nitrogens with zero attached hydrogens (tertiary/aromatic N) is 4. The van der Waals surface area contributed by atoms with Gasteiger partial charge in [0.2, 0.25) is 10.0 Å². The Labute approximate surface area is 268 Å². The first-order chi connectivity index (χ1) is 21.9. The number of ether oxygens (including phenoxy) is 4. The molecule has 0 radical (unpaired) electrons. The largest absolute Gasteiger partial charge is 0.378 e. The third-order valence-corrected chi connectivity index (χ3v) is 10.3. The standard InChI is InChI=1S/C34H48N4O6S/c1-35(2)33-12-6-11-32-31(33)10-7-13-34(32)45(39,40)38-18-22-43-26-24-41-20-16-37(17-21-42-25-27-44-23-19-38)30-9-5-8-29(28-30)36-14-3-4-15-36/h5-13,28H,3-4,14-27H2,1-2H3. The van der Waals surface area contributed by atoms with Gasteiger partial charge in [-0.1, -0.05) is 30.3 Å². The maximum absolute atomic E-state index is 14.0. The van der Waals surface area contributed by atoms with Gasteiger partial charge in [-0.05, 0) is 43.2 Å². The molecule has 0 aliphatic carbocycles. The Morgan fingerprint density at radius 2 is 1.07 bits per heavy atom. The van der Waals surface area contributed by atoms with Crippen molar-refractivity contribution in [2.45, 2.75) is 17.7 Å². The number of sulfonamides is 1. The topological polar surface area (TPSA) is 84.0 Å². The molecule has 2 saturated heterocycles. The molecule has 246 valence electrons. The fraction of sp³-hybridized carbons (Fsp3) is 0.529. The van der Waals surface area contributed by atoms with Crippen LogP contribution in [-0.4, -0.2) is 119 Å². The summed E-state index contributed by atoms with van der Waals surface area (Å²) in [5, 5.41) is 1.59. The lowest BCUT2D eigenvalue weighted by atomic mass is 10.1. The zero-order valence-corrected chi connectivity index (χ0v) is 27.6. The first-order valence-corrected chi connectivity index (χ1v) is 17.5. The number of fused-ring (bicyclic) bond motifs is 1. The van der Waals surface area contributed by atoms with Crippen LogP contribution in [-0.2, 0) is 29.0 Å². The SMILES string of the molecule is CN(C)c1cccc2c(S(=O)(=O)N3CCOCCOCCN(c4cccc(N5CCCC5)c4)CCOCCOCC3)cccc12. The predicted octanol–water partition coefficient (Wildman–Crippen LogP) is 4.08. The Morgan fingerprint density at radius 1 is 0.578 bits per heavy atom. The van der Waals surface area contributed by atoms with E-state index in [0.29, 0.717) is 45.0 Å². The lowest BCUT2D eigenvalue weighted by Gasteiger charge is -2.27. The minimum atomic E-state index is -3.82. The summed E-state index contributed by atoms with van der Waals surface area (Å²) in [4.78, 5) is 7.03. The second kappa shape index (κ2) is 16.6. The number of hydrogen-bond acceptors (Lipinski definition) is 9. The van der Waals surface area contributed by atoms with Gasteiger partial charge in [-0.2, -0.15) is 4.31 Å². The molecule has 45 heavy (non-hydrogen) atoms. The van der Waals surface area contributed by atoms with E-state index in [0.717, 1.165) is 37.3 Å². The number of anilines is 3. The molecule has 0 N–H and O–H groups in total. The number of hydrogen-bond donors (Lipinski definition) is 0. The van der Waals surface area contributed by atoms with Crippen LogP contribution < -0.4 is 14.7 Å². The summed E-state index contributed by atoms with van der Waals surface area (Å²) in [5.41, 5.74) is 3.40. The summed E-state index contributed by atoms with van der Waals surface area (Å²) in [6.07, 6.45) is 2.49. The van der Waals surface area contributed by atoms with Crippen molar-refractivity contribution in [3.8, 4) is 0 Å². The fourth-order valence-electron chi connectivity index (χ4n) is 5.93. The molecule has 0 saturated carbocycles. The van der Waals surface area contributed by atoms with Crippen LogP contribution in [0.25, 0.3) is 10.8 Å². The van der Waals surface area contributed by atoms with Crippen molar-refractivity contribution >= 4 is 37.9 Å². The molecule has 0 atom stereocenters. The first kappa shape index (κ1) is 33.4. The predicted molar refractivity (Wildman–Crippen MR) is 180 cm³/mol. The molecule has 2 aliphatic heterocycles. The van der Waals surface area contributed by atoms with Crippen LogP contribution in [0.2, 0.25) is 0 Å². The monoisotopic (exact) mass is 640 g/mol. The molecule has 11 heteroatoms. The summed E-state index contributed by atoms with van der Waals surface area (Å²) in [6, 6.07) is 19.9. The van der Waals surface area contributed by atoms with E-state index in [1.807, 2.05) is 43.3 Å². The Bertz CT molecular complexity index is 1440. The molecular formula is C34H48N4O6S. The average molecular weight is 641 g/mol. The second-order valence-corrected chi connectivity index (χ2v) is 13.5. The zero-order chi connectivity index (χ0) is 31.5. The van der Waals surface area contributed by atoms with Crippen molar-refractivity contribution in [1.29, 1.82) is 0 Å². The van der Waals surface area contributed by atoms with E-state index >= 15 is 0 Å². The van der Waals surface area contributed by atoms with Crippen LogP contribution >= 0.6 is 0 Å². The van der Waals surface area contributed by atoms with Gasteiger partial charge in [0.1, 0.15) is 0 Å². The van der Waals surface area contributed by atoms with Gasteiger partial charge in [0, 0.05) is 81.2 Å². The Hall–Kier alpha value is -2.93. The van der Waals surface area contributed by atoms with Gasteiger partial charge in [0.25, 0.3) is 0 Å². The normalized spacial score (nSPS) is 19.3. The Balaban J connectivity index is 1.21. The summed E-state index contributed by atoms with van der Waals surface area (Å²) < 4.78 is 53.0. The van der Waals surface area contributed by atoms with Gasteiger partial charge < -0.3 is 33.6 Å². The smallest absolute Gasteiger partial charge is 0.243 e. The number of benzene rings is 3. The molecule has 10 nitrogen and oxygen atoms in total. The number of rotatable bonds is 5. The van der Waals surface area contributed by atoms with Crippen LogP contribution in [0.5, 0.6) is 0 Å².